The van der Waals surface area contributed by atoms with Crippen molar-refractivity contribution in [3.8, 4) is 17.1 Å². The van der Waals surface area contributed by atoms with Crippen LogP contribution in [0.5, 0.6) is 5.75 Å². The zero-order chi connectivity index (χ0) is 19.1. The van der Waals surface area contributed by atoms with Gasteiger partial charge < -0.3 is 4.74 Å². The fourth-order valence-corrected chi connectivity index (χ4v) is 2.09. The van der Waals surface area contributed by atoms with Gasteiger partial charge in [0.15, 0.2) is 0 Å². The van der Waals surface area contributed by atoms with Gasteiger partial charge in [0.25, 0.3) is 5.91 Å². The summed E-state index contributed by atoms with van der Waals surface area (Å²) in [6.45, 7) is -3.03. The normalized spacial score (nSPS) is 11.1. The Morgan fingerprint density at radius 2 is 1.93 bits per heavy atom. The second kappa shape index (κ2) is 8.61. The first-order chi connectivity index (χ1) is 13.1. The number of tetrazole rings is 1. The third-order valence-corrected chi connectivity index (χ3v) is 3.28. The summed E-state index contributed by atoms with van der Waals surface area (Å²) in [6, 6.07) is 15.1. The summed E-state index contributed by atoms with van der Waals surface area (Å²) in [7, 11) is 0. The number of nitrogens with one attached hydrogen (secondary N) is 1. The number of benzene rings is 2. The molecule has 8 nitrogen and oxygen atoms in total. The Labute approximate surface area is 152 Å². The highest BCUT2D eigenvalue weighted by molar-refractivity contribution is 5.82. The van der Waals surface area contributed by atoms with E-state index in [2.05, 4.69) is 30.7 Å². The average Bonchev–Trinajstić information content (AvgIpc) is 3.12. The van der Waals surface area contributed by atoms with Crippen molar-refractivity contribution in [2.75, 3.05) is 0 Å². The molecule has 3 aromatic rings. The van der Waals surface area contributed by atoms with Crippen molar-refractivity contribution in [3.05, 3.63) is 60.2 Å². The molecule has 1 aromatic heterocycles. The number of nitrogens with zero attached hydrogens (tertiary/aromatic N) is 5. The monoisotopic (exact) mass is 372 g/mol. The van der Waals surface area contributed by atoms with Gasteiger partial charge in [0.2, 0.25) is 5.82 Å². The molecule has 0 aliphatic carbocycles. The van der Waals surface area contributed by atoms with Crippen LogP contribution in [0.4, 0.5) is 8.78 Å². The van der Waals surface area contributed by atoms with Crippen molar-refractivity contribution >= 4 is 12.1 Å². The fraction of sp³-hybridized carbons (Fsp3) is 0.118. The van der Waals surface area contributed by atoms with Crippen LogP contribution < -0.4 is 10.2 Å². The van der Waals surface area contributed by atoms with E-state index in [-0.39, 0.29) is 12.3 Å². The first-order valence-electron chi connectivity index (χ1n) is 7.80. The van der Waals surface area contributed by atoms with Crippen molar-refractivity contribution < 1.29 is 18.3 Å². The Morgan fingerprint density at radius 1 is 1.19 bits per heavy atom. The summed E-state index contributed by atoms with van der Waals surface area (Å²) in [5.41, 5.74) is 3.72. The molecule has 0 aliphatic rings. The number of hydrogen-bond donors (Lipinski definition) is 1. The van der Waals surface area contributed by atoms with E-state index in [0.717, 1.165) is 10.4 Å². The molecule has 0 saturated carbocycles. The van der Waals surface area contributed by atoms with Gasteiger partial charge >= 0.3 is 6.61 Å². The Balaban J connectivity index is 1.51. The molecular formula is C17H14F2N6O2. The standard InChI is InChI=1S/C17H14F2N6O2/c18-17(19)27-14-8-6-12(7-9-14)10-20-21-15(26)11-25-23-16(22-24-25)13-4-2-1-3-5-13/h1-10,17H,11H2,(H,21,26). The number of carbonyl (C=O) groups is 1. The van der Waals surface area contributed by atoms with Gasteiger partial charge in [-0.3, -0.25) is 4.79 Å². The molecule has 0 aliphatic heterocycles. The zero-order valence-electron chi connectivity index (χ0n) is 13.9. The van der Waals surface area contributed by atoms with Gasteiger partial charge in [-0.2, -0.15) is 18.7 Å². The lowest BCUT2D eigenvalue weighted by atomic mass is 10.2. The van der Waals surface area contributed by atoms with E-state index in [0.29, 0.717) is 11.4 Å². The molecule has 10 heteroatoms. The number of amides is 1. The van der Waals surface area contributed by atoms with E-state index >= 15 is 0 Å². The third-order valence-electron chi connectivity index (χ3n) is 3.28. The second-order valence-corrected chi connectivity index (χ2v) is 5.25. The third kappa shape index (κ3) is 5.39. The van der Waals surface area contributed by atoms with Gasteiger partial charge in [0.05, 0.1) is 6.21 Å². The van der Waals surface area contributed by atoms with Crippen molar-refractivity contribution in [2.45, 2.75) is 13.2 Å². The van der Waals surface area contributed by atoms with Gasteiger partial charge in [-0.25, -0.2) is 5.43 Å². The topological polar surface area (TPSA) is 94.3 Å². The number of hydrogen-bond acceptors (Lipinski definition) is 6. The Bertz CT molecular complexity index is 913. The van der Waals surface area contributed by atoms with E-state index in [4.69, 9.17) is 0 Å². The summed E-state index contributed by atoms with van der Waals surface area (Å²) in [6.07, 6.45) is 1.37. The molecule has 2 aromatic carbocycles. The SMILES string of the molecule is O=C(Cn1nnc(-c2ccccc2)n1)NN=Cc1ccc(OC(F)F)cc1. The van der Waals surface area contributed by atoms with Crippen molar-refractivity contribution in [1.29, 1.82) is 0 Å². The van der Waals surface area contributed by atoms with Crippen molar-refractivity contribution in [3.63, 3.8) is 0 Å². The van der Waals surface area contributed by atoms with Crippen LogP contribution in [0.2, 0.25) is 0 Å². The summed E-state index contributed by atoms with van der Waals surface area (Å²) in [4.78, 5) is 13.0. The van der Waals surface area contributed by atoms with Crippen LogP contribution in [0.15, 0.2) is 59.7 Å². The van der Waals surface area contributed by atoms with Crippen molar-refractivity contribution in [1.82, 2.24) is 25.6 Å². The van der Waals surface area contributed by atoms with E-state index in [9.17, 15) is 13.6 Å². The van der Waals surface area contributed by atoms with E-state index in [1.807, 2.05) is 30.3 Å². The Kier molecular flexibility index (Phi) is 5.77. The molecule has 0 unspecified atom stereocenters. The summed E-state index contributed by atoms with van der Waals surface area (Å²) in [5, 5.41) is 15.6. The number of halogens is 2. The molecule has 3 rings (SSSR count). The minimum absolute atomic E-state index is 0.0395. The first kappa shape index (κ1) is 18.1. The number of rotatable bonds is 7. The van der Waals surface area contributed by atoms with E-state index in [1.54, 1.807) is 0 Å². The number of aromatic nitrogens is 4. The highest BCUT2D eigenvalue weighted by Gasteiger charge is 2.08. The lowest BCUT2D eigenvalue weighted by molar-refractivity contribution is -0.122. The number of carbonyl (C=O) groups excluding carboxylic acids is 1. The minimum Gasteiger partial charge on any atom is -0.435 e. The number of alkyl halides is 2. The number of ether oxygens (including phenoxy) is 1. The quantitative estimate of drug-likeness (QED) is 0.506. The molecule has 0 radical (unpaired) electrons. The molecule has 0 bridgehead atoms. The lowest BCUT2D eigenvalue weighted by Gasteiger charge is -2.03. The van der Waals surface area contributed by atoms with Crippen LogP contribution in [0.25, 0.3) is 11.4 Å². The Hall–Kier alpha value is -3.69. The molecule has 1 N–H and O–H groups in total. The van der Waals surface area contributed by atoms with E-state index in [1.165, 1.54) is 30.5 Å². The van der Waals surface area contributed by atoms with Crippen LogP contribution in [-0.4, -0.2) is 38.9 Å². The predicted octanol–water partition coefficient (Wildman–Crippen LogP) is 2.09. The fourth-order valence-electron chi connectivity index (χ4n) is 2.09. The maximum Gasteiger partial charge on any atom is 0.387 e. The molecule has 0 spiro atoms. The first-order valence-corrected chi connectivity index (χ1v) is 7.80. The summed E-state index contributed by atoms with van der Waals surface area (Å²) in [5.74, 6) is 0.0107. The van der Waals surface area contributed by atoms with Gasteiger partial charge in [0, 0.05) is 5.56 Å². The molecule has 1 amide bonds. The molecule has 138 valence electrons. The second-order valence-electron chi connectivity index (χ2n) is 5.25. The van der Waals surface area contributed by atoms with Crippen LogP contribution in [0, 0.1) is 0 Å². The predicted molar refractivity (Wildman–Crippen MR) is 92.1 cm³/mol. The highest BCUT2D eigenvalue weighted by Crippen LogP contribution is 2.14. The lowest BCUT2D eigenvalue weighted by Crippen LogP contribution is -2.24. The molecule has 0 saturated heterocycles. The van der Waals surface area contributed by atoms with E-state index < -0.39 is 12.5 Å². The smallest absolute Gasteiger partial charge is 0.387 e. The molecule has 27 heavy (non-hydrogen) atoms. The Morgan fingerprint density at radius 3 is 2.63 bits per heavy atom. The average molecular weight is 372 g/mol. The van der Waals surface area contributed by atoms with Crippen LogP contribution in [-0.2, 0) is 11.3 Å². The van der Waals surface area contributed by atoms with Gasteiger partial charge in [0.1, 0.15) is 12.3 Å². The maximum atomic E-state index is 12.1. The van der Waals surface area contributed by atoms with Crippen molar-refractivity contribution in [2.24, 2.45) is 5.10 Å². The molecular weight excluding hydrogens is 358 g/mol. The molecule has 1 heterocycles. The van der Waals surface area contributed by atoms with Gasteiger partial charge in [-0.15, -0.1) is 10.2 Å². The van der Waals surface area contributed by atoms with Gasteiger partial charge in [-0.05, 0) is 35.0 Å². The largest absolute Gasteiger partial charge is 0.435 e. The maximum absolute atomic E-state index is 12.1. The minimum atomic E-state index is -2.88. The zero-order valence-corrected chi connectivity index (χ0v) is 13.9. The molecule has 0 atom stereocenters. The van der Waals surface area contributed by atoms with Crippen LogP contribution in [0.1, 0.15) is 5.56 Å². The highest BCUT2D eigenvalue weighted by atomic mass is 19.3. The van der Waals surface area contributed by atoms with Crippen LogP contribution in [0.3, 0.4) is 0 Å². The summed E-state index contributed by atoms with van der Waals surface area (Å²) < 4.78 is 28.4. The van der Waals surface area contributed by atoms with Gasteiger partial charge in [-0.1, -0.05) is 30.3 Å². The molecule has 0 fully saturated rings. The van der Waals surface area contributed by atoms with Crippen LogP contribution >= 0.6 is 0 Å². The summed E-state index contributed by atoms with van der Waals surface area (Å²) >= 11 is 0. The number of hydrazone groups is 1.